The molecule has 1 atom stereocenters. The Morgan fingerprint density at radius 3 is 2.76 bits per heavy atom. The van der Waals surface area contributed by atoms with Gasteiger partial charge in [0.15, 0.2) is 21.3 Å². The van der Waals surface area contributed by atoms with E-state index in [2.05, 4.69) is 15.3 Å². The normalized spacial score (nSPS) is 16.4. The molecule has 0 spiro atoms. The maximum Gasteiger partial charge on any atom is 0.274 e. The number of fused-ring (bicyclic) bond motifs is 1. The van der Waals surface area contributed by atoms with Gasteiger partial charge in [-0.05, 0) is 29.8 Å². The third kappa shape index (κ3) is 4.36. The number of rotatable bonds is 5. The van der Waals surface area contributed by atoms with E-state index in [4.69, 9.17) is 0 Å². The van der Waals surface area contributed by atoms with E-state index in [0.717, 1.165) is 18.4 Å². The molecule has 0 aliphatic carbocycles. The lowest BCUT2D eigenvalue weighted by Gasteiger charge is -2.16. The van der Waals surface area contributed by atoms with Crippen molar-refractivity contribution in [1.82, 2.24) is 20.2 Å². The first-order valence-electron chi connectivity index (χ1n) is 10.0. The van der Waals surface area contributed by atoms with Crippen LogP contribution >= 0.6 is 0 Å². The number of amides is 2. The van der Waals surface area contributed by atoms with Crippen molar-refractivity contribution in [2.75, 3.05) is 19.8 Å². The molecule has 1 aliphatic rings. The Labute approximate surface area is 189 Å². The largest absolute Gasteiger partial charge is 0.504 e. The number of sulfone groups is 1. The van der Waals surface area contributed by atoms with Crippen molar-refractivity contribution in [3.63, 3.8) is 0 Å². The van der Waals surface area contributed by atoms with E-state index in [0.29, 0.717) is 17.6 Å². The first-order valence-corrected chi connectivity index (χ1v) is 11.9. The summed E-state index contributed by atoms with van der Waals surface area (Å²) in [4.78, 5) is 34.9. The molecule has 2 N–H and O–H groups in total. The molecule has 1 saturated heterocycles. The van der Waals surface area contributed by atoms with Crippen LogP contribution in [0.3, 0.4) is 0 Å². The highest BCUT2D eigenvalue weighted by Crippen LogP contribution is 2.35. The summed E-state index contributed by atoms with van der Waals surface area (Å²) in [6.45, 7) is 0.178. The smallest absolute Gasteiger partial charge is 0.274 e. The van der Waals surface area contributed by atoms with Gasteiger partial charge in [0.1, 0.15) is 11.3 Å². The minimum absolute atomic E-state index is 0.0532. The second-order valence-electron chi connectivity index (χ2n) is 7.98. The Balaban J connectivity index is 1.70. The molecular formula is C22H21FN4O5S. The van der Waals surface area contributed by atoms with E-state index in [1.807, 2.05) is 0 Å². The minimum Gasteiger partial charge on any atom is -0.504 e. The highest BCUT2D eigenvalue weighted by atomic mass is 32.2. The van der Waals surface area contributed by atoms with Crippen molar-refractivity contribution in [3.05, 3.63) is 59.3 Å². The molecule has 172 valence electrons. The maximum absolute atomic E-state index is 13.6. The zero-order valence-corrected chi connectivity index (χ0v) is 18.7. The Hall–Kier alpha value is -3.60. The Kier molecular flexibility index (Phi) is 5.75. The van der Waals surface area contributed by atoms with Gasteiger partial charge < -0.3 is 15.3 Å². The molecule has 1 aromatic carbocycles. The number of pyridine rings is 2. The molecule has 0 saturated carbocycles. The zero-order valence-electron chi connectivity index (χ0n) is 17.9. The number of aromatic hydroxyl groups is 1. The van der Waals surface area contributed by atoms with Crippen molar-refractivity contribution in [1.29, 1.82) is 0 Å². The number of halogens is 1. The Bertz CT molecular complexity index is 1390. The zero-order chi connectivity index (χ0) is 23.9. The second-order valence-corrected chi connectivity index (χ2v) is 9.96. The summed E-state index contributed by atoms with van der Waals surface area (Å²) in [7, 11) is -2.06. The van der Waals surface area contributed by atoms with Crippen LogP contribution in [-0.2, 0) is 21.2 Å². The van der Waals surface area contributed by atoms with Crippen molar-refractivity contribution >= 4 is 32.6 Å². The van der Waals surface area contributed by atoms with Crippen LogP contribution in [0.4, 0.5) is 4.39 Å². The number of aromatic nitrogens is 2. The third-order valence-electron chi connectivity index (χ3n) is 5.58. The molecule has 2 aromatic heterocycles. The van der Waals surface area contributed by atoms with Gasteiger partial charge in [0.05, 0.1) is 10.6 Å². The summed E-state index contributed by atoms with van der Waals surface area (Å²) in [5, 5.41) is 13.8. The van der Waals surface area contributed by atoms with Crippen LogP contribution in [0.2, 0.25) is 0 Å². The molecule has 0 bridgehead atoms. The molecule has 11 heteroatoms. The summed E-state index contributed by atoms with van der Waals surface area (Å²) >= 11 is 0. The van der Waals surface area contributed by atoms with Crippen molar-refractivity contribution < 1.29 is 27.5 Å². The average molecular weight is 472 g/mol. The van der Waals surface area contributed by atoms with Gasteiger partial charge in [-0.3, -0.25) is 14.6 Å². The van der Waals surface area contributed by atoms with Gasteiger partial charge >= 0.3 is 0 Å². The van der Waals surface area contributed by atoms with Crippen molar-refractivity contribution in [3.8, 4) is 5.75 Å². The SMILES string of the molecule is CN1CC(c2nc(C(=O)NCc3ccc(F)cc3S(C)(=O)=O)c(O)c3ncccc23)CC1=O. The van der Waals surface area contributed by atoms with Crippen LogP contribution in [0, 0.1) is 5.82 Å². The van der Waals surface area contributed by atoms with E-state index >= 15 is 0 Å². The fourth-order valence-corrected chi connectivity index (χ4v) is 4.88. The van der Waals surface area contributed by atoms with Gasteiger partial charge in [0, 0.05) is 50.3 Å². The second kappa shape index (κ2) is 8.39. The van der Waals surface area contributed by atoms with Gasteiger partial charge in [-0.15, -0.1) is 0 Å². The van der Waals surface area contributed by atoms with E-state index in [1.165, 1.54) is 12.3 Å². The standard InChI is InChI=1S/C22H21FN4O5S/c1-27-11-13(8-17(27)28)18-15-4-3-7-24-19(15)21(29)20(26-18)22(30)25-10-12-5-6-14(23)9-16(12)33(2,31)32/h3-7,9,13,29H,8,10-11H2,1-2H3,(H,25,30). The fraction of sp³-hybridized carbons (Fsp3) is 0.273. The van der Waals surface area contributed by atoms with Crippen LogP contribution in [-0.4, -0.2) is 60.1 Å². The predicted molar refractivity (Wildman–Crippen MR) is 117 cm³/mol. The van der Waals surface area contributed by atoms with Crippen LogP contribution in [0.25, 0.3) is 10.9 Å². The molecule has 9 nitrogen and oxygen atoms in total. The summed E-state index contributed by atoms with van der Waals surface area (Å²) in [5.74, 6) is -2.24. The predicted octanol–water partition coefficient (Wildman–Crippen LogP) is 1.75. The molecule has 1 aliphatic heterocycles. The summed E-state index contributed by atoms with van der Waals surface area (Å²) in [5.41, 5.74) is 0.542. The summed E-state index contributed by atoms with van der Waals surface area (Å²) in [6, 6.07) is 6.64. The lowest BCUT2D eigenvalue weighted by atomic mass is 9.98. The van der Waals surface area contributed by atoms with Crippen LogP contribution in [0.5, 0.6) is 5.75 Å². The molecule has 0 radical (unpaired) electrons. The first-order chi connectivity index (χ1) is 15.6. The highest BCUT2D eigenvalue weighted by Gasteiger charge is 2.32. The first kappa shape index (κ1) is 22.6. The summed E-state index contributed by atoms with van der Waals surface area (Å²) in [6.07, 6.45) is 2.63. The lowest BCUT2D eigenvalue weighted by molar-refractivity contribution is -0.126. The van der Waals surface area contributed by atoms with Crippen molar-refractivity contribution in [2.24, 2.45) is 0 Å². The number of carbonyl (C=O) groups is 2. The molecule has 33 heavy (non-hydrogen) atoms. The number of hydrogen-bond donors (Lipinski definition) is 2. The van der Waals surface area contributed by atoms with Crippen LogP contribution < -0.4 is 5.32 Å². The van der Waals surface area contributed by atoms with Crippen LogP contribution in [0.15, 0.2) is 41.4 Å². The van der Waals surface area contributed by atoms with E-state index in [-0.39, 0.29) is 46.5 Å². The molecular weight excluding hydrogens is 451 g/mol. The van der Waals surface area contributed by atoms with E-state index in [9.17, 15) is 27.5 Å². The number of benzene rings is 1. The molecule has 3 heterocycles. The van der Waals surface area contributed by atoms with Gasteiger partial charge in [0.2, 0.25) is 5.91 Å². The molecule has 1 fully saturated rings. The lowest BCUT2D eigenvalue weighted by Crippen LogP contribution is -2.26. The Morgan fingerprint density at radius 2 is 2.09 bits per heavy atom. The fourth-order valence-electron chi connectivity index (χ4n) is 3.94. The van der Waals surface area contributed by atoms with Gasteiger partial charge in [-0.2, -0.15) is 0 Å². The number of likely N-dealkylation sites (tertiary alicyclic amines) is 1. The molecule has 1 unspecified atom stereocenters. The van der Waals surface area contributed by atoms with Crippen molar-refractivity contribution in [2.45, 2.75) is 23.8 Å². The molecule has 2 amide bonds. The van der Waals surface area contributed by atoms with Crippen LogP contribution in [0.1, 0.15) is 34.1 Å². The van der Waals surface area contributed by atoms with E-state index < -0.39 is 27.3 Å². The molecule has 4 rings (SSSR count). The topological polar surface area (TPSA) is 130 Å². The number of nitrogens with one attached hydrogen (secondary N) is 1. The highest BCUT2D eigenvalue weighted by molar-refractivity contribution is 7.90. The van der Waals surface area contributed by atoms with E-state index in [1.54, 1.807) is 24.1 Å². The summed E-state index contributed by atoms with van der Waals surface area (Å²) < 4.78 is 37.5. The number of carbonyl (C=O) groups excluding carboxylic acids is 2. The minimum atomic E-state index is -3.74. The van der Waals surface area contributed by atoms with Gasteiger partial charge in [-0.1, -0.05) is 6.07 Å². The maximum atomic E-state index is 13.6. The number of nitrogens with zero attached hydrogens (tertiary/aromatic N) is 3. The Morgan fingerprint density at radius 1 is 1.33 bits per heavy atom. The quantitative estimate of drug-likeness (QED) is 0.579. The third-order valence-corrected chi connectivity index (χ3v) is 6.75. The average Bonchev–Trinajstić information content (AvgIpc) is 3.10. The monoisotopic (exact) mass is 472 g/mol. The van der Waals surface area contributed by atoms with Gasteiger partial charge in [-0.25, -0.2) is 17.8 Å². The number of hydrogen-bond acceptors (Lipinski definition) is 7. The van der Waals surface area contributed by atoms with Gasteiger partial charge in [0.25, 0.3) is 5.91 Å². The molecule has 3 aromatic rings. The number of likely N-dealkylation sites (N-methyl/N-ethyl adjacent to an activating group) is 1.